The van der Waals surface area contributed by atoms with E-state index in [1.165, 1.54) is 11.5 Å². The second-order valence-corrected chi connectivity index (χ2v) is 3.63. The molecule has 3 heteroatoms. The number of aryl methyl sites for hydroxylation is 1. The molecule has 1 aromatic carbocycles. The van der Waals surface area contributed by atoms with Gasteiger partial charge in [-0.3, -0.25) is 0 Å². The summed E-state index contributed by atoms with van der Waals surface area (Å²) in [4.78, 5) is 0. The molecule has 0 aliphatic rings. The molecule has 0 unspecified atom stereocenters. The highest BCUT2D eigenvalue weighted by Crippen LogP contribution is 2.25. The van der Waals surface area contributed by atoms with E-state index in [9.17, 15) is 0 Å². The van der Waals surface area contributed by atoms with E-state index in [4.69, 9.17) is 5.26 Å². The van der Waals surface area contributed by atoms with Crippen molar-refractivity contribution in [1.82, 2.24) is 4.37 Å². The first-order valence-corrected chi connectivity index (χ1v) is 4.90. The molecule has 2 aromatic rings. The van der Waals surface area contributed by atoms with Crippen molar-refractivity contribution in [3.05, 3.63) is 29.5 Å². The fourth-order valence-corrected chi connectivity index (χ4v) is 2.16. The van der Waals surface area contributed by atoms with E-state index in [1.807, 2.05) is 18.3 Å². The number of rotatable bonds is 1. The smallest absolute Gasteiger partial charge is 0.0994 e. The Bertz CT molecular complexity index is 479. The maximum atomic E-state index is 8.88. The Labute approximate surface area is 80.6 Å². The van der Waals surface area contributed by atoms with Crippen LogP contribution in [0.4, 0.5) is 0 Å². The van der Waals surface area contributed by atoms with Crippen LogP contribution in [0.15, 0.2) is 18.3 Å². The van der Waals surface area contributed by atoms with Crippen LogP contribution in [0.2, 0.25) is 0 Å². The number of fused-ring (bicyclic) bond motifs is 1. The molecule has 2 rings (SSSR count). The van der Waals surface area contributed by atoms with E-state index < -0.39 is 0 Å². The lowest BCUT2D eigenvalue weighted by atomic mass is 10.0. The lowest BCUT2D eigenvalue weighted by molar-refractivity contribution is 1.15. The number of hydrogen-bond acceptors (Lipinski definition) is 3. The number of nitriles is 1. The molecule has 1 aromatic heterocycles. The maximum absolute atomic E-state index is 8.88. The highest BCUT2D eigenvalue weighted by atomic mass is 32.1. The van der Waals surface area contributed by atoms with Crippen LogP contribution in [-0.4, -0.2) is 4.37 Å². The first-order chi connectivity index (χ1) is 6.36. The predicted molar refractivity (Wildman–Crippen MR) is 53.7 cm³/mol. The zero-order chi connectivity index (χ0) is 9.26. The molecule has 0 N–H and O–H groups in total. The highest BCUT2D eigenvalue weighted by molar-refractivity contribution is 7.13. The third-order valence-corrected chi connectivity index (χ3v) is 2.89. The average Bonchev–Trinajstić information content (AvgIpc) is 2.63. The molecular weight excluding hydrogens is 180 g/mol. The van der Waals surface area contributed by atoms with Crippen LogP contribution in [0.25, 0.3) is 10.1 Å². The molecule has 0 fully saturated rings. The van der Waals surface area contributed by atoms with Crippen LogP contribution in [0.3, 0.4) is 0 Å². The monoisotopic (exact) mass is 188 g/mol. The molecule has 0 saturated heterocycles. The number of hydrogen-bond donors (Lipinski definition) is 0. The summed E-state index contributed by atoms with van der Waals surface area (Å²) in [6.45, 7) is 2.06. The summed E-state index contributed by atoms with van der Waals surface area (Å²) in [7, 11) is 0. The van der Waals surface area contributed by atoms with Gasteiger partial charge in [0.2, 0.25) is 0 Å². The molecule has 0 spiro atoms. The summed E-state index contributed by atoms with van der Waals surface area (Å²) in [5.74, 6) is 0. The Morgan fingerprint density at radius 3 is 3.08 bits per heavy atom. The molecule has 0 saturated carbocycles. The molecule has 13 heavy (non-hydrogen) atoms. The van der Waals surface area contributed by atoms with Crippen molar-refractivity contribution in [2.24, 2.45) is 0 Å². The third-order valence-electron chi connectivity index (χ3n) is 2.12. The lowest BCUT2D eigenvalue weighted by Gasteiger charge is -2.00. The molecule has 0 aliphatic carbocycles. The van der Waals surface area contributed by atoms with E-state index >= 15 is 0 Å². The van der Waals surface area contributed by atoms with Crippen LogP contribution >= 0.6 is 11.5 Å². The molecular formula is C10H8N2S. The van der Waals surface area contributed by atoms with Gasteiger partial charge < -0.3 is 0 Å². The van der Waals surface area contributed by atoms with Gasteiger partial charge in [0, 0.05) is 11.6 Å². The van der Waals surface area contributed by atoms with E-state index in [-0.39, 0.29) is 0 Å². The molecule has 0 amide bonds. The standard InChI is InChI=1S/C10H8N2S/c1-2-8-7(5-11)3-4-10-9(8)6-12-13-10/h3-4,6H,2H2,1H3. The zero-order valence-corrected chi connectivity index (χ0v) is 8.06. The zero-order valence-electron chi connectivity index (χ0n) is 7.24. The van der Waals surface area contributed by atoms with Gasteiger partial charge in [-0.1, -0.05) is 6.92 Å². The molecule has 0 atom stereocenters. The van der Waals surface area contributed by atoms with Crippen LogP contribution in [0.1, 0.15) is 18.1 Å². The number of nitrogens with zero attached hydrogens (tertiary/aromatic N) is 2. The van der Waals surface area contributed by atoms with Gasteiger partial charge >= 0.3 is 0 Å². The minimum absolute atomic E-state index is 0.773. The van der Waals surface area contributed by atoms with E-state index in [0.29, 0.717) is 0 Å². The predicted octanol–water partition coefficient (Wildman–Crippen LogP) is 2.73. The fraction of sp³-hybridized carbons (Fsp3) is 0.200. The van der Waals surface area contributed by atoms with Crippen LogP contribution < -0.4 is 0 Å². The van der Waals surface area contributed by atoms with Crippen molar-refractivity contribution < 1.29 is 0 Å². The largest absolute Gasteiger partial charge is 0.200 e. The number of aromatic nitrogens is 1. The lowest BCUT2D eigenvalue weighted by Crippen LogP contribution is -1.87. The van der Waals surface area contributed by atoms with E-state index in [1.54, 1.807) is 0 Å². The van der Waals surface area contributed by atoms with Crippen LogP contribution in [0.5, 0.6) is 0 Å². The van der Waals surface area contributed by atoms with Crippen molar-refractivity contribution in [2.45, 2.75) is 13.3 Å². The Kier molecular flexibility index (Phi) is 1.99. The minimum Gasteiger partial charge on any atom is -0.200 e. The molecule has 0 bridgehead atoms. The Balaban J connectivity index is 2.84. The Morgan fingerprint density at radius 2 is 2.38 bits per heavy atom. The van der Waals surface area contributed by atoms with Gasteiger partial charge in [-0.05, 0) is 35.6 Å². The van der Waals surface area contributed by atoms with Crippen molar-refractivity contribution in [1.29, 1.82) is 5.26 Å². The average molecular weight is 188 g/mol. The van der Waals surface area contributed by atoms with Crippen LogP contribution in [-0.2, 0) is 6.42 Å². The summed E-state index contributed by atoms with van der Waals surface area (Å²) in [5.41, 5.74) is 1.89. The first kappa shape index (κ1) is 8.21. The van der Waals surface area contributed by atoms with Gasteiger partial charge in [0.05, 0.1) is 16.3 Å². The Morgan fingerprint density at radius 1 is 1.54 bits per heavy atom. The van der Waals surface area contributed by atoms with Gasteiger partial charge in [0.25, 0.3) is 0 Å². The minimum atomic E-state index is 0.773. The van der Waals surface area contributed by atoms with Gasteiger partial charge in [0.1, 0.15) is 0 Å². The van der Waals surface area contributed by atoms with Crippen molar-refractivity contribution in [2.75, 3.05) is 0 Å². The van der Waals surface area contributed by atoms with Gasteiger partial charge in [0.15, 0.2) is 0 Å². The molecule has 0 aliphatic heterocycles. The summed E-state index contributed by atoms with van der Waals surface area (Å²) < 4.78 is 5.28. The maximum Gasteiger partial charge on any atom is 0.0994 e. The molecule has 2 nitrogen and oxygen atoms in total. The van der Waals surface area contributed by atoms with Crippen LogP contribution in [0, 0.1) is 11.3 Å². The summed E-state index contributed by atoms with van der Waals surface area (Å²) in [6, 6.07) is 6.04. The third kappa shape index (κ3) is 1.20. The van der Waals surface area contributed by atoms with Gasteiger partial charge in [-0.25, -0.2) is 0 Å². The van der Waals surface area contributed by atoms with Crippen molar-refractivity contribution in [3.63, 3.8) is 0 Å². The summed E-state index contributed by atoms with van der Waals surface area (Å²) in [5, 5.41) is 10.0. The first-order valence-electron chi connectivity index (χ1n) is 4.13. The SMILES string of the molecule is CCc1c(C#N)ccc2sncc12. The molecule has 0 radical (unpaired) electrons. The normalized spacial score (nSPS) is 10.2. The van der Waals surface area contributed by atoms with E-state index in [0.717, 1.165) is 27.6 Å². The Hall–Kier alpha value is -1.40. The summed E-state index contributed by atoms with van der Waals surface area (Å²) in [6.07, 6.45) is 2.73. The quantitative estimate of drug-likeness (QED) is 0.690. The second kappa shape index (κ2) is 3.15. The highest BCUT2D eigenvalue weighted by Gasteiger charge is 2.06. The van der Waals surface area contributed by atoms with Gasteiger partial charge in [-0.15, -0.1) is 0 Å². The summed E-state index contributed by atoms with van der Waals surface area (Å²) >= 11 is 1.48. The van der Waals surface area contributed by atoms with Crippen molar-refractivity contribution in [3.8, 4) is 6.07 Å². The fourth-order valence-electron chi connectivity index (χ4n) is 1.49. The van der Waals surface area contributed by atoms with E-state index in [2.05, 4.69) is 17.4 Å². The topological polar surface area (TPSA) is 36.7 Å². The molecule has 1 heterocycles. The van der Waals surface area contributed by atoms with Crippen molar-refractivity contribution >= 4 is 21.6 Å². The second-order valence-electron chi connectivity index (χ2n) is 2.79. The number of benzene rings is 1. The van der Waals surface area contributed by atoms with Gasteiger partial charge in [-0.2, -0.15) is 9.64 Å². The molecule has 64 valence electrons.